The summed E-state index contributed by atoms with van der Waals surface area (Å²) in [6.07, 6.45) is -4.52. The highest BCUT2D eigenvalue weighted by molar-refractivity contribution is 6.35. The van der Waals surface area contributed by atoms with E-state index in [2.05, 4.69) is 9.97 Å². The first-order valence-electron chi connectivity index (χ1n) is 5.15. The molecule has 0 N–H and O–H groups in total. The van der Waals surface area contributed by atoms with Gasteiger partial charge in [-0.25, -0.2) is 9.97 Å². The number of hydrogen-bond acceptors (Lipinski definition) is 2. The molecule has 1 aromatic carbocycles. The van der Waals surface area contributed by atoms with E-state index in [1.165, 1.54) is 25.1 Å². The summed E-state index contributed by atoms with van der Waals surface area (Å²) in [5, 5.41) is 0.652. The summed E-state index contributed by atoms with van der Waals surface area (Å²) in [5.41, 5.74) is -0.455. The van der Waals surface area contributed by atoms with E-state index in [1.807, 2.05) is 0 Å². The average Bonchev–Trinajstić information content (AvgIpc) is 2.25. The lowest BCUT2D eigenvalue weighted by Gasteiger charge is -2.09. The number of rotatable bonds is 1. The van der Waals surface area contributed by atoms with Crippen molar-refractivity contribution >= 4 is 23.2 Å². The molecule has 2 aromatic rings. The first-order valence-corrected chi connectivity index (χ1v) is 5.90. The van der Waals surface area contributed by atoms with E-state index in [4.69, 9.17) is 23.2 Å². The highest BCUT2D eigenvalue weighted by Crippen LogP contribution is 2.31. The number of halogens is 5. The van der Waals surface area contributed by atoms with Gasteiger partial charge in [-0.05, 0) is 31.2 Å². The van der Waals surface area contributed by atoms with Crippen molar-refractivity contribution in [1.29, 1.82) is 0 Å². The van der Waals surface area contributed by atoms with Gasteiger partial charge in [0.25, 0.3) is 0 Å². The van der Waals surface area contributed by atoms with Crippen LogP contribution in [0.5, 0.6) is 0 Å². The third kappa shape index (κ3) is 3.36. The van der Waals surface area contributed by atoms with E-state index in [9.17, 15) is 13.2 Å². The van der Waals surface area contributed by atoms with E-state index in [1.54, 1.807) is 0 Å². The molecule has 100 valence electrons. The van der Waals surface area contributed by atoms with E-state index < -0.39 is 11.9 Å². The topological polar surface area (TPSA) is 25.8 Å². The molecule has 1 aromatic heterocycles. The molecular formula is C12H7Cl2F3N2. The number of alkyl halides is 3. The molecule has 0 bridgehead atoms. The summed E-state index contributed by atoms with van der Waals surface area (Å²) < 4.78 is 38.0. The van der Waals surface area contributed by atoms with Crippen molar-refractivity contribution in [2.45, 2.75) is 13.1 Å². The minimum atomic E-state index is -4.52. The van der Waals surface area contributed by atoms with Gasteiger partial charge in [-0.3, -0.25) is 0 Å². The fourth-order valence-corrected chi connectivity index (χ4v) is 2.09. The molecule has 0 aliphatic rings. The highest BCUT2D eigenvalue weighted by atomic mass is 35.5. The fourth-order valence-electron chi connectivity index (χ4n) is 1.56. The molecule has 0 saturated carbocycles. The van der Waals surface area contributed by atoms with Crippen LogP contribution in [0, 0.1) is 6.92 Å². The van der Waals surface area contributed by atoms with Crippen LogP contribution in [0.25, 0.3) is 11.3 Å². The van der Waals surface area contributed by atoms with Gasteiger partial charge in [0.1, 0.15) is 11.5 Å². The van der Waals surface area contributed by atoms with Crippen LogP contribution in [0.3, 0.4) is 0 Å². The maximum atomic E-state index is 12.7. The maximum absolute atomic E-state index is 12.7. The van der Waals surface area contributed by atoms with Crippen molar-refractivity contribution in [2.75, 3.05) is 0 Å². The van der Waals surface area contributed by atoms with Crippen LogP contribution in [0.15, 0.2) is 24.3 Å². The molecule has 0 fully saturated rings. The van der Waals surface area contributed by atoms with Gasteiger partial charge in [-0.15, -0.1) is 0 Å². The molecule has 0 amide bonds. The van der Waals surface area contributed by atoms with Crippen molar-refractivity contribution in [3.05, 3.63) is 45.8 Å². The summed E-state index contributed by atoms with van der Waals surface area (Å²) in [5.74, 6) is 0.0286. The van der Waals surface area contributed by atoms with Gasteiger partial charge >= 0.3 is 6.18 Å². The van der Waals surface area contributed by atoms with Gasteiger partial charge in [0, 0.05) is 15.6 Å². The van der Waals surface area contributed by atoms with Gasteiger partial charge in [0.2, 0.25) is 0 Å². The van der Waals surface area contributed by atoms with E-state index in [-0.39, 0.29) is 11.5 Å². The molecule has 0 saturated heterocycles. The number of aryl methyl sites for hydroxylation is 1. The predicted molar refractivity (Wildman–Crippen MR) is 67.2 cm³/mol. The van der Waals surface area contributed by atoms with Crippen molar-refractivity contribution in [1.82, 2.24) is 9.97 Å². The Bertz CT molecular complexity index is 607. The molecule has 0 aliphatic heterocycles. The Morgan fingerprint density at radius 2 is 1.53 bits per heavy atom. The van der Waals surface area contributed by atoms with Gasteiger partial charge in [-0.1, -0.05) is 23.2 Å². The summed E-state index contributed by atoms with van der Waals surface area (Å²) in [7, 11) is 0. The first kappa shape index (κ1) is 14.1. The third-order valence-corrected chi connectivity index (χ3v) is 2.72. The zero-order valence-corrected chi connectivity index (χ0v) is 11.1. The molecule has 0 atom stereocenters. The van der Waals surface area contributed by atoms with Crippen LogP contribution in [0.4, 0.5) is 13.2 Å². The summed E-state index contributed by atoms with van der Waals surface area (Å²) >= 11 is 11.6. The molecule has 7 heteroatoms. The van der Waals surface area contributed by atoms with Crippen molar-refractivity contribution in [3.8, 4) is 11.3 Å². The second-order valence-corrected chi connectivity index (χ2v) is 4.71. The zero-order valence-electron chi connectivity index (χ0n) is 9.59. The fraction of sp³-hybridized carbons (Fsp3) is 0.167. The van der Waals surface area contributed by atoms with Crippen LogP contribution in [-0.2, 0) is 6.18 Å². The summed E-state index contributed by atoms with van der Waals surface area (Å²) in [6.45, 7) is 1.39. The number of hydrogen-bond donors (Lipinski definition) is 0. The number of benzene rings is 1. The Balaban J connectivity index is 2.59. The zero-order chi connectivity index (χ0) is 14.2. The minimum absolute atomic E-state index is 0.0286. The first-order chi connectivity index (χ1) is 8.75. The second-order valence-electron chi connectivity index (χ2n) is 3.84. The van der Waals surface area contributed by atoms with Crippen molar-refractivity contribution < 1.29 is 13.2 Å². The molecule has 0 radical (unpaired) electrons. The van der Waals surface area contributed by atoms with Crippen LogP contribution < -0.4 is 0 Å². The van der Waals surface area contributed by atoms with Crippen LogP contribution in [-0.4, -0.2) is 9.97 Å². The Morgan fingerprint density at radius 1 is 0.947 bits per heavy atom. The molecular weight excluding hydrogens is 300 g/mol. The number of aromatic nitrogens is 2. The Morgan fingerprint density at radius 3 is 2.05 bits per heavy atom. The maximum Gasteiger partial charge on any atom is 0.433 e. The second kappa shape index (κ2) is 4.98. The van der Waals surface area contributed by atoms with Gasteiger partial charge < -0.3 is 0 Å². The lowest BCUT2D eigenvalue weighted by atomic mass is 10.1. The quantitative estimate of drug-likeness (QED) is 0.758. The van der Waals surface area contributed by atoms with Crippen molar-refractivity contribution in [2.24, 2.45) is 0 Å². The normalized spacial score (nSPS) is 11.7. The van der Waals surface area contributed by atoms with E-state index in [0.717, 1.165) is 6.07 Å². The SMILES string of the molecule is Cc1nc(-c2cc(Cl)cc(Cl)c2)cc(C(F)(F)F)n1. The largest absolute Gasteiger partial charge is 0.433 e. The standard InChI is InChI=1S/C12H7Cl2F3N2/c1-6-18-10(5-11(19-6)12(15,16)17)7-2-8(13)4-9(14)3-7/h2-5H,1H3. The number of nitrogens with zero attached hydrogens (tertiary/aromatic N) is 2. The van der Waals surface area contributed by atoms with E-state index in [0.29, 0.717) is 15.6 Å². The Kier molecular flexibility index (Phi) is 3.69. The molecule has 2 nitrogen and oxygen atoms in total. The van der Waals surface area contributed by atoms with Gasteiger partial charge in [-0.2, -0.15) is 13.2 Å². The van der Waals surface area contributed by atoms with Gasteiger partial charge in [0.05, 0.1) is 5.69 Å². The Hall–Kier alpha value is -1.33. The van der Waals surface area contributed by atoms with Gasteiger partial charge in [0.15, 0.2) is 0 Å². The molecule has 1 heterocycles. The lowest BCUT2D eigenvalue weighted by Crippen LogP contribution is -2.10. The smallest absolute Gasteiger partial charge is 0.233 e. The molecule has 2 rings (SSSR count). The molecule has 0 unspecified atom stereocenters. The third-order valence-electron chi connectivity index (χ3n) is 2.29. The average molecular weight is 307 g/mol. The molecule has 0 aliphatic carbocycles. The van der Waals surface area contributed by atoms with Crippen LogP contribution in [0.2, 0.25) is 10.0 Å². The monoisotopic (exact) mass is 306 g/mol. The summed E-state index contributed by atoms with van der Waals surface area (Å²) in [4.78, 5) is 7.34. The summed E-state index contributed by atoms with van der Waals surface area (Å²) in [6, 6.07) is 5.35. The lowest BCUT2D eigenvalue weighted by molar-refractivity contribution is -0.141. The van der Waals surface area contributed by atoms with E-state index >= 15 is 0 Å². The minimum Gasteiger partial charge on any atom is -0.233 e. The van der Waals surface area contributed by atoms with Crippen LogP contribution in [0.1, 0.15) is 11.5 Å². The highest BCUT2D eigenvalue weighted by Gasteiger charge is 2.33. The molecule has 0 spiro atoms. The molecule has 19 heavy (non-hydrogen) atoms. The van der Waals surface area contributed by atoms with Crippen LogP contribution >= 0.6 is 23.2 Å². The Labute approximate surface area is 117 Å². The predicted octanol–water partition coefficient (Wildman–Crippen LogP) is 4.78. The van der Waals surface area contributed by atoms with Crippen molar-refractivity contribution in [3.63, 3.8) is 0 Å².